The Labute approximate surface area is 83.2 Å². The second-order valence-electron chi connectivity index (χ2n) is 2.74. The summed E-state index contributed by atoms with van der Waals surface area (Å²) in [6.07, 6.45) is 6.38. The molecule has 0 aromatic heterocycles. The third kappa shape index (κ3) is 2.80. The molecule has 0 aliphatic carbocycles. The van der Waals surface area contributed by atoms with E-state index >= 15 is 0 Å². The third-order valence-electron chi connectivity index (χ3n) is 1.76. The maximum atomic E-state index is 9.31. The van der Waals surface area contributed by atoms with Gasteiger partial charge in [0.05, 0.1) is 0 Å². The van der Waals surface area contributed by atoms with Gasteiger partial charge >= 0.3 is 0 Å². The lowest BCUT2D eigenvalue weighted by Gasteiger charge is -2.04. The van der Waals surface area contributed by atoms with Gasteiger partial charge in [0.15, 0.2) is 0 Å². The fraction of sp³-hybridized carbons (Fsp3) is 0.273. The van der Waals surface area contributed by atoms with E-state index in [1.807, 2.05) is 24.3 Å². The Morgan fingerprint density at radius 1 is 1.46 bits per heavy atom. The first-order chi connectivity index (χ1) is 6.27. The number of benzene rings is 1. The summed E-state index contributed by atoms with van der Waals surface area (Å²) in [6.45, 7) is 0. The van der Waals surface area contributed by atoms with Crippen molar-refractivity contribution in [2.24, 2.45) is 0 Å². The number of thioether (sulfide) groups is 1. The lowest BCUT2D eigenvalue weighted by molar-refractivity contribution is 0.238. The highest BCUT2D eigenvalue weighted by Gasteiger charge is 2.01. The Morgan fingerprint density at radius 3 is 2.54 bits per heavy atom. The van der Waals surface area contributed by atoms with Gasteiger partial charge in [-0.1, -0.05) is 30.2 Å². The van der Waals surface area contributed by atoms with Crippen LogP contribution in [0.15, 0.2) is 24.3 Å². The zero-order valence-electron chi connectivity index (χ0n) is 7.53. The highest BCUT2D eigenvalue weighted by atomic mass is 32.2. The summed E-state index contributed by atoms with van der Waals surface area (Å²) >= 11 is 1.77. The maximum Gasteiger partial charge on any atom is 0.139 e. The molecule has 1 aromatic rings. The first kappa shape index (κ1) is 10.2. The van der Waals surface area contributed by atoms with Crippen LogP contribution in [0.25, 0.3) is 0 Å². The summed E-state index contributed by atoms with van der Waals surface area (Å²) < 4.78 is 0. The standard InChI is InChI=1S/C11H12OS/c1-3-11(12)10-6-4-9(5-7-10)8-13-2/h1,4-7,11-12H,8H2,2H3. The van der Waals surface area contributed by atoms with Crippen LogP contribution in [0.3, 0.4) is 0 Å². The predicted molar refractivity (Wildman–Crippen MR) is 57.5 cm³/mol. The highest BCUT2D eigenvalue weighted by molar-refractivity contribution is 7.97. The van der Waals surface area contributed by atoms with Crippen LogP contribution in [0.2, 0.25) is 0 Å². The lowest BCUT2D eigenvalue weighted by atomic mass is 10.1. The van der Waals surface area contributed by atoms with Crippen LogP contribution in [0.4, 0.5) is 0 Å². The van der Waals surface area contributed by atoms with Gasteiger partial charge in [-0.25, -0.2) is 0 Å². The minimum atomic E-state index is -0.775. The van der Waals surface area contributed by atoms with Crippen LogP contribution >= 0.6 is 11.8 Å². The Bertz CT molecular complexity index is 297. The minimum Gasteiger partial charge on any atom is -0.376 e. The molecule has 0 heterocycles. The molecular formula is C11H12OS. The van der Waals surface area contributed by atoms with E-state index in [0.29, 0.717) is 0 Å². The number of hydrogen-bond donors (Lipinski definition) is 1. The van der Waals surface area contributed by atoms with Crippen LogP contribution in [0.1, 0.15) is 17.2 Å². The van der Waals surface area contributed by atoms with E-state index in [-0.39, 0.29) is 0 Å². The van der Waals surface area contributed by atoms with Gasteiger partial charge in [-0.2, -0.15) is 11.8 Å². The first-order valence-electron chi connectivity index (χ1n) is 4.00. The molecule has 0 aliphatic rings. The topological polar surface area (TPSA) is 20.2 Å². The van der Waals surface area contributed by atoms with Crippen molar-refractivity contribution in [3.8, 4) is 12.3 Å². The Kier molecular flexibility index (Phi) is 3.88. The van der Waals surface area contributed by atoms with Crippen LogP contribution < -0.4 is 0 Å². The zero-order valence-corrected chi connectivity index (χ0v) is 8.34. The van der Waals surface area contributed by atoms with Crippen molar-refractivity contribution in [2.45, 2.75) is 11.9 Å². The molecule has 0 bridgehead atoms. The van der Waals surface area contributed by atoms with Crippen molar-refractivity contribution in [1.29, 1.82) is 0 Å². The van der Waals surface area contributed by atoms with Crippen LogP contribution in [0, 0.1) is 12.3 Å². The molecule has 0 spiro atoms. The largest absolute Gasteiger partial charge is 0.376 e. The molecule has 1 nitrogen and oxygen atoms in total. The Hall–Kier alpha value is -0.910. The van der Waals surface area contributed by atoms with Gasteiger partial charge in [0, 0.05) is 5.75 Å². The summed E-state index contributed by atoms with van der Waals surface area (Å²) in [4.78, 5) is 0. The maximum absolute atomic E-state index is 9.31. The van der Waals surface area contributed by atoms with Crippen molar-refractivity contribution in [1.82, 2.24) is 0 Å². The molecule has 0 fully saturated rings. The summed E-state index contributed by atoms with van der Waals surface area (Å²) in [5.41, 5.74) is 2.04. The predicted octanol–water partition coefficient (Wildman–Crippen LogP) is 2.22. The van der Waals surface area contributed by atoms with E-state index in [1.54, 1.807) is 11.8 Å². The van der Waals surface area contributed by atoms with Gasteiger partial charge in [-0.05, 0) is 17.4 Å². The summed E-state index contributed by atoms with van der Waals surface area (Å²) in [5, 5.41) is 9.31. The van der Waals surface area contributed by atoms with E-state index in [2.05, 4.69) is 12.2 Å². The van der Waals surface area contributed by atoms with Crippen molar-refractivity contribution < 1.29 is 5.11 Å². The lowest BCUT2D eigenvalue weighted by Crippen LogP contribution is -1.93. The van der Waals surface area contributed by atoms with Crippen molar-refractivity contribution in [3.63, 3.8) is 0 Å². The van der Waals surface area contributed by atoms with Gasteiger partial charge < -0.3 is 5.11 Å². The average molecular weight is 192 g/mol. The Morgan fingerprint density at radius 2 is 2.08 bits per heavy atom. The number of terminal acetylenes is 1. The SMILES string of the molecule is C#CC(O)c1ccc(CSC)cc1. The summed E-state index contributed by atoms with van der Waals surface area (Å²) in [6, 6.07) is 7.73. The van der Waals surface area contributed by atoms with Crippen molar-refractivity contribution in [3.05, 3.63) is 35.4 Å². The van der Waals surface area contributed by atoms with Gasteiger partial charge in [-0.15, -0.1) is 6.42 Å². The van der Waals surface area contributed by atoms with E-state index in [9.17, 15) is 5.11 Å². The molecule has 0 saturated carbocycles. The summed E-state index contributed by atoms with van der Waals surface area (Å²) in [5.74, 6) is 3.28. The number of hydrogen-bond acceptors (Lipinski definition) is 2. The molecule has 1 aromatic carbocycles. The van der Waals surface area contributed by atoms with E-state index in [1.165, 1.54) is 5.56 Å². The number of aliphatic hydroxyl groups is 1. The van der Waals surface area contributed by atoms with Gasteiger partial charge in [-0.3, -0.25) is 0 Å². The monoisotopic (exact) mass is 192 g/mol. The molecular weight excluding hydrogens is 180 g/mol. The molecule has 0 saturated heterocycles. The molecule has 1 rings (SSSR count). The van der Waals surface area contributed by atoms with Crippen LogP contribution in [0.5, 0.6) is 0 Å². The van der Waals surface area contributed by atoms with E-state index < -0.39 is 6.10 Å². The van der Waals surface area contributed by atoms with Gasteiger partial charge in [0.2, 0.25) is 0 Å². The molecule has 2 heteroatoms. The third-order valence-corrected chi connectivity index (χ3v) is 2.39. The molecule has 1 N–H and O–H groups in total. The molecule has 68 valence electrons. The fourth-order valence-electron chi connectivity index (χ4n) is 1.06. The second kappa shape index (κ2) is 4.96. The Balaban J connectivity index is 2.76. The molecule has 0 radical (unpaired) electrons. The number of aliphatic hydroxyl groups excluding tert-OH is 1. The minimum absolute atomic E-state index is 0.775. The number of rotatable bonds is 3. The van der Waals surface area contributed by atoms with Crippen molar-refractivity contribution in [2.75, 3.05) is 6.26 Å². The van der Waals surface area contributed by atoms with E-state index in [4.69, 9.17) is 6.42 Å². The second-order valence-corrected chi connectivity index (χ2v) is 3.61. The van der Waals surface area contributed by atoms with Crippen LogP contribution in [-0.2, 0) is 5.75 Å². The zero-order chi connectivity index (χ0) is 9.68. The quantitative estimate of drug-likeness (QED) is 0.741. The van der Waals surface area contributed by atoms with Crippen LogP contribution in [-0.4, -0.2) is 11.4 Å². The molecule has 0 amide bonds. The van der Waals surface area contributed by atoms with E-state index in [0.717, 1.165) is 11.3 Å². The first-order valence-corrected chi connectivity index (χ1v) is 5.39. The van der Waals surface area contributed by atoms with Gasteiger partial charge in [0.25, 0.3) is 0 Å². The smallest absolute Gasteiger partial charge is 0.139 e. The molecule has 0 aliphatic heterocycles. The van der Waals surface area contributed by atoms with Crippen molar-refractivity contribution >= 4 is 11.8 Å². The highest BCUT2D eigenvalue weighted by Crippen LogP contribution is 2.15. The molecule has 13 heavy (non-hydrogen) atoms. The van der Waals surface area contributed by atoms with Gasteiger partial charge in [0.1, 0.15) is 6.10 Å². The molecule has 1 unspecified atom stereocenters. The average Bonchev–Trinajstić information content (AvgIpc) is 2.18. The normalized spacial score (nSPS) is 12.1. The fourth-order valence-corrected chi connectivity index (χ4v) is 1.58. The molecule has 1 atom stereocenters. The summed E-state index contributed by atoms with van der Waals surface area (Å²) in [7, 11) is 0.